The third-order valence-corrected chi connectivity index (χ3v) is 3.46. The summed E-state index contributed by atoms with van der Waals surface area (Å²) in [5.74, 6) is 0.895. The van der Waals surface area contributed by atoms with E-state index in [1.54, 1.807) is 0 Å². The fraction of sp³-hybridized carbons (Fsp3) is 0.818. The molecule has 1 aliphatic heterocycles. The summed E-state index contributed by atoms with van der Waals surface area (Å²) < 4.78 is 8.41. The Bertz CT molecular complexity index is 408. The Balaban J connectivity index is 2.03. The van der Waals surface area contributed by atoms with Crippen molar-refractivity contribution in [1.82, 2.24) is 14.8 Å². The average molecular weight is 256 g/mol. The lowest BCUT2D eigenvalue weighted by molar-refractivity contribution is 0.0214. The van der Waals surface area contributed by atoms with Crippen LogP contribution in [0.4, 0.5) is 5.95 Å². The molecule has 6 heteroatoms. The highest BCUT2D eigenvalue weighted by Crippen LogP contribution is 2.16. The minimum absolute atomic E-state index is 0.323. The fourth-order valence-electron chi connectivity index (χ4n) is 2.22. The molecule has 0 spiro atoms. The normalized spacial score (nSPS) is 20.5. The van der Waals surface area contributed by atoms with E-state index in [2.05, 4.69) is 22.0 Å². The molecule has 0 bridgehead atoms. The van der Waals surface area contributed by atoms with Gasteiger partial charge in [-0.2, -0.15) is 0 Å². The summed E-state index contributed by atoms with van der Waals surface area (Å²) in [6, 6.07) is 0. The first-order chi connectivity index (χ1) is 8.22. The van der Waals surface area contributed by atoms with Crippen LogP contribution in [-0.2, 0) is 11.3 Å². The van der Waals surface area contributed by atoms with Crippen LogP contribution < -0.4 is 4.90 Å². The number of H-pyrrole nitrogens is 1. The monoisotopic (exact) mass is 256 g/mol. The number of aromatic amines is 1. The number of ether oxygens (including phenoxy) is 1. The SMILES string of the molecule is CCn1c(N(C)CC2CCCCO2)n[nH]c1=S. The van der Waals surface area contributed by atoms with Crippen molar-refractivity contribution in [2.24, 2.45) is 0 Å². The predicted molar refractivity (Wildman–Crippen MR) is 69.9 cm³/mol. The Morgan fingerprint density at radius 3 is 3.06 bits per heavy atom. The van der Waals surface area contributed by atoms with Crippen LogP contribution >= 0.6 is 12.2 Å². The van der Waals surface area contributed by atoms with Crippen LogP contribution in [0.5, 0.6) is 0 Å². The van der Waals surface area contributed by atoms with Gasteiger partial charge in [0.15, 0.2) is 4.77 Å². The van der Waals surface area contributed by atoms with E-state index >= 15 is 0 Å². The first-order valence-electron chi connectivity index (χ1n) is 6.20. The van der Waals surface area contributed by atoms with Crippen LogP contribution in [0.3, 0.4) is 0 Å². The van der Waals surface area contributed by atoms with Crippen molar-refractivity contribution in [3.05, 3.63) is 4.77 Å². The Kier molecular flexibility index (Phi) is 4.17. The van der Waals surface area contributed by atoms with E-state index in [-0.39, 0.29) is 0 Å². The van der Waals surface area contributed by atoms with Gasteiger partial charge in [0.1, 0.15) is 0 Å². The first kappa shape index (κ1) is 12.6. The number of hydrogen-bond acceptors (Lipinski definition) is 4. The zero-order valence-electron chi connectivity index (χ0n) is 10.5. The molecule has 0 saturated carbocycles. The number of aromatic nitrogens is 3. The molecule has 1 fully saturated rings. The highest BCUT2D eigenvalue weighted by molar-refractivity contribution is 7.71. The van der Waals surface area contributed by atoms with Crippen molar-refractivity contribution in [3.8, 4) is 0 Å². The summed E-state index contributed by atoms with van der Waals surface area (Å²) in [5.41, 5.74) is 0. The third kappa shape index (κ3) is 2.87. The highest BCUT2D eigenvalue weighted by atomic mass is 32.1. The summed E-state index contributed by atoms with van der Waals surface area (Å²) in [4.78, 5) is 2.12. The van der Waals surface area contributed by atoms with Crippen molar-refractivity contribution in [2.45, 2.75) is 38.8 Å². The number of hydrogen-bond donors (Lipinski definition) is 1. The van der Waals surface area contributed by atoms with Crippen LogP contribution in [0.1, 0.15) is 26.2 Å². The third-order valence-electron chi connectivity index (χ3n) is 3.15. The zero-order valence-corrected chi connectivity index (χ0v) is 11.3. The van der Waals surface area contributed by atoms with E-state index < -0.39 is 0 Å². The van der Waals surface area contributed by atoms with Gasteiger partial charge in [0.05, 0.1) is 6.10 Å². The summed E-state index contributed by atoms with van der Waals surface area (Å²) in [5, 5.41) is 7.11. The lowest BCUT2D eigenvalue weighted by Crippen LogP contribution is -2.34. The maximum absolute atomic E-state index is 5.74. The van der Waals surface area contributed by atoms with Gasteiger partial charge in [0, 0.05) is 26.7 Å². The second-order valence-corrected chi connectivity index (χ2v) is 4.83. The first-order valence-corrected chi connectivity index (χ1v) is 6.61. The topological polar surface area (TPSA) is 46.1 Å². The van der Waals surface area contributed by atoms with E-state index in [1.165, 1.54) is 12.8 Å². The molecule has 0 radical (unpaired) electrons. The Hall–Kier alpha value is -0.880. The maximum atomic E-state index is 5.74. The van der Waals surface area contributed by atoms with Gasteiger partial charge in [0.2, 0.25) is 5.95 Å². The van der Waals surface area contributed by atoms with Gasteiger partial charge in [-0.1, -0.05) is 0 Å². The fourth-order valence-corrected chi connectivity index (χ4v) is 2.48. The predicted octanol–water partition coefficient (Wildman–Crippen LogP) is 1.97. The van der Waals surface area contributed by atoms with Gasteiger partial charge in [-0.25, -0.2) is 5.10 Å². The van der Waals surface area contributed by atoms with Gasteiger partial charge < -0.3 is 9.64 Å². The average Bonchev–Trinajstić information content (AvgIpc) is 2.71. The lowest BCUT2D eigenvalue weighted by Gasteiger charge is -2.27. The van der Waals surface area contributed by atoms with Crippen molar-refractivity contribution in [3.63, 3.8) is 0 Å². The summed E-state index contributed by atoms with van der Waals surface area (Å²) >= 11 is 5.18. The highest BCUT2D eigenvalue weighted by Gasteiger charge is 2.18. The van der Waals surface area contributed by atoms with Gasteiger partial charge in [-0.15, -0.1) is 5.10 Å². The molecular formula is C11H20N4OS. The minimum atomic E-state index is 0.323. The largest absolute Gasteiger partial charge is 0.376 e. The Labute approximate surface area is 107 Å². The zero-order chi connectivity index (χ0) is 12.3. The molecule has 0 aromatic carbocycles. The van der Waals surface area contributed by atoms with Gasteiger partial charge in [-0.3, -0.25) is 4.57 Å². The van der Waals surface area contributed by atoms with Crippen LogP contribution in [0.2, 0.25) is 0 Å². The Morgan fingerprint density at radius 2 is 2.41 bits per heavy atom. The van der Waals surface area contributed by atoms with E-state index in [9.17, 15) is 0 Å². The van der Waals surface area contributed by atoms with Crippen molar-refractivity contribution in [1.29, 1.82) is 0 Å². The van der Waals surface area contributed by atoms with E-state index in [4.69, 9.17) is 17.0 Å². The number of nitrogens with one attached hydrogen (secondary N) is 1. The van der Waals surface area contributed by atoms with Crippen LogP contribution in [0, 0.1) is 4.77 Å². The van der Waals surface area contributed by atoms with E-state index in [1.807, 2.05) is 11.6 Å². The quantitative estimate of drug-likeness (QED) is 0.837. The van der Waals surface area contributed by atoms with Gasteiger partial charge in [0.25, 0.3) is 0 Å². The summed E-state index contributed by atoms with van der Waals surface area (Å²) in [7, 11) is 2.04. The number of likely N-dealkylation sites (N-methyl/N-ethyl adjacent to an activating group) is 1. The number of anilines is 1. The molecule has 0 amide bonds. The molecule has 2 heterocycles. The van der Waals surface area contributed by atoms with E-state index in [0.29, 0.717) is 10.9 Å². The second-order valence-electron chi connectivity index (χ2n) is 4.44. The number of rotatable bonds is 4. The maximum Gasteiger partial charge on any atom is 0.225 e. The molecule has 1 saturated heterocycles. The molecule has 2 rings (SSSR count). The molecule has 1 N–H and O–H groups in total. The molecule has 96 valence electrons. The van der Waals surface area contributed by atoms with Crippen LogP contribution in [0.15, 0.2) is 0 Å². The molecule has 1 atom stereocenters. The molecular weight excluding hydrogens is 236 g/mol. The molecule has 1 aromatic heterocycles. The van der Waals surface area contributed by atoms with Crippen LogP contribution in [-0.4, -0.2) is 41.1 Å². The molecule has 5 nitrogen and oxygen atoms in total. The van der Waals surface area contributed by atoms with Crippen LogP contribution in [0.25, 0.3) is 0 Å². The van der Waals surface area contributed by atoms with Gasteiger partial charge in [-0.05, 0) is 38.4 Å². The Morgan fingerprint density at radius 1 is 1.59 bits per heavy atom. The minimum Gasteiger partial charge on any atom is -0.376 e. The van der Waals surface area contributed by atoms with E-state index in [0.717, 1.165) is 32.1 Å². The number of nitrogens with zero attached hydrogens (tertiary/aromatic N) is 3. The molecule has 17 heavy (non-hydrogen) atoms. The summed E-state index contributed by atoms with van der Waals surface area (Å²) in [6.45, 7) is 4.67. The summed E-state index contributed by atoms with van der Waals surface area (Å²) in [6.07, 6.45) is 3.92. The van der Waals surface area contributed by atoms with Crippen molar-refractivity contribution in [2.75, 3.05) is 25.1 Å². The molecule has 1 unspecified atom stereocenters. The molecule has 1 aromatic rings. The van der Waals surface area contributed by atoms with Crippen molar-refractivity contribution < 1.29 is 4.74 Å². The van der Waals surface area contributed by atoms with Crippen molar-refractivity contribution >= 4 is 18.2 Å². The molecule has 0 aliphatic carbocycles. The second kappa shape index (κ2) is 5.64. The van der Waals surface area contributed by atoms with Gasteiger partial charge >= 0.3 is 0 Å². The standard InChI is InChI=1S/C11H20N4OS/c1-3-15-10(12-13-11(15)17)14(2)8-9-6-4-5-7-16-9/h9H,3-8H2,1-2H3,(H,13,17). The lowest BCUT2D eigenvalue weighted by atomic mass is 10.1. The molecule has 1 aliphatic rings. The smallest absolute Gasteiger partial charge is 0.225 e.